The van der Waals surface area contributed by atoms with Gasteiger partial charge < -0.3 is 4.74 Å². The van der Waals surface area contributed by atoms with Gasteiger partial charge in [-0.05, 0) is 32.3 Å². The summed E-state index contributed by atoms with van der Waals surface area (Å²) in [5, 5.41) is 0.198. The molecule has 0 unspecified atom stereocenters. The maximum absolute atomic E-state index is 13.6. The number of alkyl halides is 3. The molecule has 0 N–H and O–H groups in total. The predicted molar refractivity (Wildman–Crippen MR) is 104 cm³/mol. The molecule has 1 saturated carbocycles. The van der Waals surface area contributed by atoms with Crippen LogP contribution in [0.15, 0.2) is 36.4 Å². The molecule has 0 aliphatic heterocycles. The number of benzene rings is 1. The number of ether oxygens (including phenoxy) is 1. The lowest BCUT2D eigenvalue weighted by Crippen LogP contribution is -2.32. The van der Waals surface area contributed by atoms with Crippen LogP contribution in [0.1, 0.15) is 40.7 Å². The lowest BCUT2D eigenvalue weighted by Gasteiger charge is -2.19. The van der Waals surface area contributed by atoms with Crippen molar-refractivity contribution in [2.24, 2.45) is 0 Å². The third-order valence-corrected chi connectivity index (χ3v) is 5.40. The standard InChI is InChI=1S/C20H19F3N2O3S/c1-3-28-18(27)17-12(2)24-19(29-17)25(14-9-10-14)16(26)11-15(20(21,22)23)13-7-5-4-6-8-13/h4-8,11,14H,3,9-10H2,1-2H3/b15-11-. The molecule has 0 spiro atoms. The highest BCUT2D eigenvalue weighted by Gasteiger charge is 2.39. The number of esters is 1. The molecule has 5 nitrogen and oxygen atoms in total. The molecule has 1 aromatic carbocycles. The Balaban J connectivity index is 1.97. The van der Waals surface area contributed by atoms with E-state index in [1.54, 1.807) is 19.9 Å². The van der Waals surface area contributed by atoms with Crippen molar-refractivity contribution in [1.82, 2.24) is 4.98 Å². The summed E-state index contributed by atoms with van der Waals surface area (Å²) in [5.41, 5.74) is -0.732. The number of rotatable bonds is 6. The normalized spacial score (nSPS) is 14.6. The highest BCUT2D eigenvalue weighted by Crippen LogP contribution is 2.38. The van der Waals surface area contributed by atoms with Crippen molar-refractivity contribution in [1.29, 1.82) is 0 Å². The van der Waals surface area contributed by atoms with Crippen LogP contribution in [-0.4, -0.2) is 35.7 Å². The number of hydrogen-bond donors (Lipinski definition) is 0. The molecule has 1 aliphatic rings. The lowest BCUT2D eigenvalue weighted by atomic mass is 10.0. The van der Waals surface area contributed by atoms with Gasteiger partial charge in [-0.25, -0.2) is 9.78 Å². The fourth-order valence-corrected chi connectivity index (χ4v) is 3.81. The second-order valence-electron chi connectivity index (χ2n) is 6.49. The van der Waals surface area contributed by atoms with E-state index in [0.717, 1.165) is 11.3 Å². The van der Waals surface area contributed by atoms with E-state index in [0.29, 0.717) is 24.6 Å². The topological polar surface area (TPSA) is 59.5 Å². The number of allylic oxidation sites excluding steroid dienone is 1. The van der Waals surface area contributed by atoms with Crippen molar-refractivity contribution in [3.05, 3.63) is 52.5 Å². The Bertz CT molecular complexity index is 934. The van der Waals surface area contributed by atoms with Gasteiger partial charge in [0.2, 0.25) is 0 Å². The fourth-order valence-electron chi connectivity index (χ4n) is 2.77. The maximum Gasteiger partial charge on any atom is 0.417 e. The monoisotopic (exact) mass is 424 g/mol. The van der Waals surface area contributed by atoms with E-state index >= 15 is 0 Å². The molecule has 1 aliphatic carbocycles. The number of carbonyl (C=O) groups excluding carboxylic acids is 2. The Labute approximate surface area is 169 Å². The largest absolute Gasteiger partial charge is 0.462 e. The Morgan fingerprint density at radius 2 is 1.93 bits per heavy atom. The summed E-state index contributed by atoms with van der Waals surface area (Å²) in [6.45, 7) is 3.45. The van der Waals surface area contributed by atoms with E-state index < -0.39 is 23.6 Å². The first kappa shape index (κ1) is 21.0. The summed E-state index contributed by atoms with van der Waals surface area (Å²) in [7, 11) is 0. The molecule has 9 heteroatoms. The van der Waals surface area contributed by atoms with E-state index in [9.17, 15) is 22.8 Å². The van der Waals surface area contributed by atoms with Crippen LogP contribution in [0.2, 0.25) is 0 Å². The quantitative estimate of drug-likeness (QED) is 0.495. The summed E-state index contributed by atoms with van der Waals surface area (Å²) >= 11 is 0.952. The summed E-state index contributed by atoms with van der Waals surface area (Å²) in [6, 6.07) is 6.94. The number of aryl methyl sites for hydroxylation is 1. The summed E-state index contributed by atoms with van der Waals surface area (Å²) in [4.78, 5) is 30.6. The van der Waals surface area contributed by atoms with Crippen LogP contribution in [-0.2, 0) is 9.53 Å². The Kier molecular flexibility index (Phi) is 6.07. The second-order valence-corrected chi connectivity index (χ2v) is 7.47. The van der Waals surface area contributed by atoms with Gasteiger partial charge in [0, 0.05) is 12.1 Å². The molecule has 1 aromatic heterocycles. The molecule has 1 heterocycles. The average Bonchev–Trinajstić information content (AvgIpc) is 3.41. The van der Waals surface area contributed by atoms with Crippen LogP contribution in [0.5, 0.6) is 0 Å². The summed E-state index contributed by atoms with van der Waals surface area (Å²) in [5.74, 6) is -1.37. The van der Waals surface area contributed by atoms with Crippen LogP contribution in [0.25, 0.3) is 5.57 Å². The predicted octanol–water partition coefficient (Wildman–Crippen LogP) is 4.77. The lowest BCUT2D eigenvalue weighted by molar-refractivity contribution is -0.114. The Morgan fingerprint density at radius 3 is 2.48 bits per heavy atom. The molecule has 2 aromatic rings. The molecule has 1 fully saturated rings. The number of amides is 1. The fraction of sp³-hybridized carbons (Fsp3) is 0.350. The number of thiazole rings is 1. The van der Waals surface area contributed by atoms with Crippen molar-refractivity contribution in [3.8, 4) is 0 Å². The smallest absolute Gasteiger partial charge is 0.417 e. The van der Waals surface area contributed by atoms with Crippen LogP contribution in [0.4, 0.5) is 18.3 Å². The van der Waals surface area contributed by atoms with Crippen molar-refractivity contribution in [2.75, 3.05) is 11.5 Å². The van der Waals surface area contributed by atoms with Crippen LogP contribution in [0, 0.1) is 6.92 Å². The van der Waals surface area contributed by atoms with Gasteiger partial charge in [0.05, 0.1) is 17.9 Å². The van der Waals surface area contributed by atoms with E-state index in [-0.39, 0.29) is 28.2 Å². The van der Waals surface area contributed by atoms with Crippen LogP contribution < -0.4 is 4.90 Å². The van der Waals surface area contributed by atoms with Crippen molar-refractivity contribution in [2.45, 2.75) is 38.9 Å². The van der Waals surface area contributed by atoms with E-state index in [1.807, 2.05) is 0 Å². The molecular weight excluding hydrogens is 405 g/mol. The maximum atomic E-state index is 13.6. The van der Waals surface area contributed by atoms with E-state index in [2.05, 4.69) is 4.98 Å². The minimum Gasteiger partial charge on any atom is -0.462 e. The van der Waals surface area contributed by atoms with Crippen molar-refractivity contribution in [3.63, 3.8) is 0 Å². The zero-order chi connectivity index (χ0) is 21.2. The van der Waals surface area contributed by atoms with Crippen molar-refractivity contribution < 1.29 is 27.5 Å². The van der Waals surface area contributed by atoms with E-state index in [4.69, 9.17) is 4.74 Å². The molecule has 154 valence electrons. The first-order valence-corrected chi connectivity index (χ1v) is 9.86. The number of halogens is 3. The zero-order valence-corrected chi connectivity index (χ0v) is 16.6. The Morgan fingerprint density at radius 1 is 1.28 bits per heavy atom. The van der Waals surface area contributed by atoms with E-state index in [1.165, 1.54) is 29.2 Å². The van der Waals surface area contributed by atoms with Gasteiger partial charge in [-0.1, -0.05) is 41.7 Å². The minimum atomic E-state index is -4.69. The first-order valence-electron chi connectivity index (χ1n) is 9.04. The molecule has 1 amide bonds. The first-order chi connectivity index (χ1) is 13.7. The van der Waals surface area contributed by atoms with Gasteiger partial charge in [-0.2, -0.15) is 13.2 Å². The van der Waals surface area contributed by atoms with Gasteiger partial charge in [-0.15, -0.1) is 0 Å². The molecule has 0 atom stereocenters. The molecule has 0 bridgehead atoms. The third kappa shape index (κ3) is 4.84. The SMILES string of the molecule is CCOC(=O)c1sc(N(C(=O)/C=C(/c2ccccc2)C(F)(F)F)C2CC2)nc1C. The molecule has 3 rings (SSSR count). The van der Waals surface area contributed by atoms with Gasteiger partial charge in [0.15, 0.2) is 5.13 Å². The number of carbonyl (C=O) groups is 2. The number of hydrogen-bond acceptors (Lipinski definition) is 5. The number of aromatic nitrogens is 1. The van der Waals surface area contributed by atoms with Gasteiger partial charge in [-0.3, -0.25) is 9.69 Å². The highest BCUT2D eigenvalue weighted by molar-refractivity contribution is 7.17. The van der Waals surface area contributed by atoms with Gasteiger partial charge in [0.1, 0.15) is 4.88 Å². The minimum absolute atomic E-state index is 0.0911. The third-order valence-electron chi connectivity index (χ3n) is 4.26. The number of nitrogens with zero attached hydrogens (tertiary/aromatic N) is 2. The van der Waals surface area contributed by atoms with Crippen molar-refractivity contribution >= 4 is 33.9 Å². The molecular formula is C20H19F3N2O3S. The number of anilines is 1. The van der Waals surface area contributed by atoms with Gasteiger partial charge in [0.25, 0.3) is 5.91 Å². The summed E-state index contributed by atoms with van der Waals surface area (Å²) < 4.78 is 45.8. The molecule has 0 saturated heterocycles. The molecule has 0 radical (unpaired) electrons. The summed E-state index contributed by atoms with van der Waals surface area (Å²) in [6.07, 6.45) is -2.76. The molecule has 29 heavy (non-hydrogen) atoms. The van der Waals surface area contributed by atoms with Gasteiger partial charge >= 0.3 is 12.1 Å². The average molecular weight is 424 g/mol. The van der Waals surface area contributed by atoms with Crippen LogP contribution >= 0.6 is 11.3 Å². The second kappa shape index (κ2) is 8.36. The highest BCUT2D eigenvalue weighted by atomic mass is 32.1. The van der Waals surface area contributed by atoms with Crippen LogP contribution in [0.3, 0.4) is 0 Å². The Hall–Kier alpha value is -2.68. The zero-order valence-electron chi connectivity index (χ0n) is 15.8.